The molecule has 0 spiro atoms. The molecule has 0 aliphatic rings. The van der Waals surface area contributed by atoms with Gasteiger partial charge in [0.25, 0.3) is 0 Å². The van der Waals surface area contributed by atoms with Crippen LogP contribution in [0.4, 0.5) is 11.4 Å². The van der Waals surface area contributed by atoms with Gasteiger partial charge in [-0.2, -0.15) is 5.11 Å². The molecule has 2 unspecified atom stereocenters. The lowest BCUT2D eigenvalue weighted by molar-refractivity contribution is 0.560. The monoisotopic (exact) mass is 372 g/mol. The van der Waals surface area contributed by atoms with E-state index in [4.69, 9.17) is 11.6 Å². The Bertz CT molecular complexity index is 840. The van der Waals surface area contributed by atoms with Crippen molar-refractivity contribution >= 4 is 45.1 Å². The van der Waals surface area contributed by atoms with Gasteiger partial charge in [-0.1, -0.05) is 23.7 Å². The molecule has 2 atom stereocenters. The predicted molar refractivity (Wildman–Crippen MR) is 89.6 cm³/mol. The molecule has 0 heterocycles. The Labute approximate surface area is 143 Å². The quantitative estimate of drug-likeness (QED) is 0.608. The van der Waals surface area contributed by atoms with Crippen molar-refractivity contribution in [2.75, 3.05) is 0 Å². The minimum atomic E-state index is -2.36. The summed E-state index contributed by atoms with van der Waals surface area (Å²) >= 11 is 1.13. The van der Waals surface area contributed by atoms with Crippen molar-refractivity contribution in [3.05, 3.63) is 46.5 Å². The van der Waals surface area contributed by atoms with Crippen LogP contribution in [0.3, 0.4) is 0 Å². The summed E-state index contributed by atoms with van der Waals surface area (Å²) in [4.78, 5) is -0.186. The third-order valence-corrected chi connectivity index (χ3v) is 4.86. The molecule has 0 aromatic heterocycles. The van der Waals surface area contributed by atoms with Crippen LogP contribution in [0.15, 0.2) is 50.4 Å². The van der Waals surface area contributed by atoms with Crippen LogP contribution in [0.5, 0.6) is 0 Å². The summed E-state index contributed by atoms with van der Waals surface area (Å²) < 4.78 is 41.2. The van der Waals surface area contributed by atoms with E-state index >= 15 is 0 Å². The number of halogens is 1. The molecule has 0 aliphatic heterocycles. The molecule has 2 N–H and O–H groups in total. The van der Waals surface area contributed by atoms with Crippen LogP contribution in [0.2, 0.25) is 5.02 Å². The standard InChI is InChI=1S/C14H13ClN2O4S2/c1-8-3-4-9(2)11(5-8)16-17-12-7-13(22(18)19)10(15)6-14(12)23(20)21/h3-7H,1-2H3,(H,18,19)(H,20,21). The summed E-state index contributed by atoms with van der Waals surface area (Å²) in [6, 6.07) is 7.94. The van der Waals surface area contributed by atoms with Crippen LogP contribution >= 0.6 is 11.6 Å². The first-order valence-electron chi connectivity index (χ1n) is 6.34. The molecular weight excluding hydrogens is 360 g/mol. The summed E-state index contributed by atoms with van der Waals surface area (Å²) in [7, 11) is 0. The molecule has 6 nitrogen and oxygen atoms in total. The molecule has 0 fully saturated rings. The fourth-order valence-corrected chi connectivity index (χ4v) is 3.17. The van der Waals surface area contributed by atoms with Crippen LogP contribution in [-0.4, -0.2) is 17.5 Å². The van der Waals surface area contributed by atoms with Gasteiger partial charge in [-0.3, -0.25) is 0 Å². The van der Waals surface area contributed by atoms with Crippen LogP contribution < -0.4 is 0 Å². The number of hydrogen-bond acceptors (Lipinski definition) is 4. The van der Waals surface area contributed by atoms with E-state index < -0.39 is 22.2 Å². The maximum absolute atomic E-state index is 11.4. The van der Waals surface area contributed by atoms with E-state index in [1.807, 2.05) is 32.0 Å². The molecule has 0 bridgehead atoms. The zero-order valence-electron chi connectivity index (χ0n) is 12.2. The predicted octanol–water partition coefficient (Wildman–Crippen LogP) is 4.53. The van der Waals surface area contributed by atoms with Gasteiger partial charge >= 0.3 is 0 Å². The van der Waals surface area contributed by atoms with Gasteiger partial charge in [-0.05, 0) is 43.2 Å². The Kier molecular flexibility index (Phi) is 5.77. The van der Waals surface area contributed by atoms with E-state index in [2.05, 4.69) is 10.2 Å². The van der Waals surface area contributed by atoms with Crippen molar-refractivity contribution in [2.24, 2.45) is 10.2 Å². The Balaban J connectivity index is 2.55. The van der Waals surface area contributed by atoms with Crippen LogP contribution in [0, 0.1) is 13.8 Å². The Morgan fingerprint density at radius 3 is 2.13 bits per heavy atom. The maximum Gasteiger partial charge on any atom is 0.188 e. The largest absolute Gasteiger partial charge is 0.302 e. The van der Waals surface area contributed by atoms with Gasteiger partial charge in [-0.15, -0.1) is 5.11 Å². The van der Waals surface area contributed by atoms with Crippen molar-refractivity contribution in [3.63, 3.8) is 0 Å². The second-order valence-electron chi connectivity index (χ2n) is 4.74. The van der Waals surface area contributed by atoms with E-state index in [-0.39, 0.29) is 20.5 Å². The minimum absolute atomic E-state index is 0.00791. The molecule has 9 heteroatoms. The zero-order valence-corrected chi connectivity index (χ0v) is 14.6. The molecule has 0 aliphatic carbocycles. The molecule has 2 rings (SSSR count). The van der Waals surface area contributed by atoms with Crippen LogP contribution in [-0.2, 0) is 22.2 Å². The Morgan fingerprint density at radius 2 is 1.52 bits per heavy atom. The average molecular weight is 373 g/mol. The van der Waals surface area contributed by atoms with Crippen LogP contribution in [0.25, 0.3) is 0 Å². The summed E-state index contributed by atoms with van der Waals surface area (Å²) in [5.41, 5.74) is 2.48. The van der Waals surface area contributed by atoms with Crippen molar-refractivity contribution in [1.82, 2.24) is 0 Å². The fourth-order valence-electron chi connectivity index (χ4n) is 1.81. The van der Waals surface area contributed by atoms with Gasteiger partial charge in [0.1, 0.15) is 5.69 Å². The van der Waals surface area contributed by atoms with E-state index in [1.54, 1.807) is 0 Å². The second kappa shape index (κ2) is 7.41. The van der Waals surface area contributed by atoms with Gasteiger partial charge < -0.3 is 9.11 Å². The van der Waals surface area contributed by atoms with E-state index in [9.17, 15) is 17.5 Å². The van der Waals surface area contributed by atoms with Crippen LogP contribution in [0.1, 0.15) is 11.1 Å². The third-order valence-electron chi connectivity index (χ3n) is 3.02. The van der Waals surface area contributed by atoms with Gasteiger partial charge in [0.2, 0.25) is 0 Å². The molecule has 0 saturated carbocycles. The number of nitrogens with zero attached hydrogens (tertiary/aromatic N) is 2. The van der Waals surface area contributed by atoms with Crippen molar-refractivity contribution in [2.45, 2.75) is 23.6 Å². The topological polar surface area (TPSA) is 99.3 Å². The van der Waals surface area contributed by atoms with Crippen molar-refractivity contribution in [1.29, 1.82) is 0 Å². The first-order valence-corrected chi connectivity index (χ1v) is 8.93. The lowest BCUT2D eigenvalue weighted by atomic mass is 10.1. The Hall–Kier alpha value is -1.45. The van der Waals surface area contributed by atoms with E-state index in [0.717, 1.165) is 17.2 Å². The highest BCUT2D eigenvalue weighted by atomic mass is 35.5. The number of rotatable bonds is 4. The fraction of sp³-hybridized carbons (Fsp3) is 0.143. The molecule has 0 amide bonds. The minimum Gasteiger partial charge on any atom is -0.302 e. The number of benzene rings is 2. The first-order chi connectivity index (χ1) is 10.8. The SMILES string of the molecule is Cc1ccc(C)c(N=Nc2cc(S(=O)O)c(Cl)cc2S(=O)O)c1. The number of aryl methyl sites for hydroxylation is 2. The van der Waals surface area contributed by atoms with Crippen molar-refractivity contribution < 1.29 is 17.5 Å². The normalized spacial score (nSPS) is 14.1. The highest BCUT2D eigenvalue weighted by Crippen LogP contribution is 2.33. The first kappa shape index (κ1) is 17.9. The van der Waals surface area contributed by atoms with Gasteiger partial charge in [-0.25, -0.2) is 8.42 Å². The molecule has 122 valence electrons. The molecule has 23 heavy (non-hydrogen) atoms. The van der Waals surface area contributed by atoms with Gasteiger partial charge in [0.15, 0.2) is 22.2 Å². The maximum atomic E-state index is 11.4. The number of azo groups is 1. The molecule has 2 aromatic rings. The molecule has 0 radical (unpaired) electrons. The second-order valence-corrected chi connectivity index (χ2v) is 7.02. The van der Waals surface area contributed by atoms with E-state index in [1.165, 1.54) is 6.07 Å². The summed E-state index contributed by atoms with van der Waals surface area (Å²) in [6.07, 6.45) is 0. The summed E-state index contributed by atoms with van der Waals surface area (Å²) in [6.45, 7) is 3.76. The average Bonchev–Trinajstić information content (AvgIpc) is 2.48. The lowest BCUT2D eigenvalue weighted by Gasteiger charge is -2.06. The molecule has 2 aromatic carbocycles. The zero-order chi connectivity index (χ0) is 17.1. The molecule has 0 saturated heterocycles. The third kappa shape index (κ3) is 4.30. The van der Waals surface area contributed by atoms with Gasteiger partial charge in [0, 0.05) is 0 Å². The number of hydrogen-bond donors (Lipinski definition) is 2. The lowest BCUT2D eigenvalue weighted by Crippen LogP contribution is -1.95. The van der Waals surface area contributed by atoms with Gasteiger partial charge in [0.05, 0.1) is 20.5 Å². The van der Waals surface area contributed by atoms with E-state index in [0.29, 0.717) is 5.69 Å². The summed E-state index contributed by atoms with van der Waals surface area (Å²) in [5, 5.41) is 7.93. The highest BCUT2D eigenvalue weighted by Gasteiger charge is 2.16. The van der Waals surface area contributed by atoms with Crippen molar-refractivity contribution in [3.8, 4) is 0 Å². The highest BCUT2D eigenvalue weighted by molar-refractivity contribution is 7.80. The smallest absolute Gasteiger partial charge is 0.188 e. The Morgan fingerprint density at radius 1 is 0.913 bits per heavy atom. The summed E-state index contributed by atoms with van der Waals surface area (Å²) in [5.74, 6) is 0. The molecular formula is C14H13ClN2O4S2.